The van der Waals surface area contributed by atoms with E-state index in [1.807, 2.05) is 49.4 Å². The fourth-order valence-corrected chi connectivity index (χ4v) is 4.10. The minimum atomic E-state index is -0.0705. The van der Waals surface area contributed by atoms with Crippen molar-refractivity contribution in [3.8, 4) is 22.9 Å². The number of nitrogens with zero attached hydrogens (tertiary/aromatic N) is 3. The number of benzene rings is 2. The molecular weight excluding hydrogens is 448 g/mol. The molecule has 0 spiro atoms. The largest absolute Gasteiger partial charge is 0.493 e. The van der Waals surface area contributed by atoms with Crippen LogP contribution in [0.3, 0.4) is 0 Å². The van der Waals surface area contributed by atoms with Gasteiger partial charge in [-0.25, -0.2) is 0 Å². The van der Waals surface area contributed by atoms with E-state index in [1.54, 1.807) is 14.2 Å². The standard InChI is InChI=1S/C26H32N4O5/c1-18-4-6-19(7-5-18)26-28-25(35-29-26)11-10-24(31)27-17-21(30-12-14-34-15-13-30)20-8-9-22(32-2)23(16-20)33-3/h4-9,16,21H,10-15,17H2,1-3H3,(H,27,31)/t21-/m1/s1. The van der Waals surface area contributed by atoms with Crippen LogP contribution in [0.2, 0.25) is 0 Å². The first-order valence-corrected chi connectivity index (χ1v) is 11.8. The van der Waals surface area contributed by atoms with E-state index in [2.05, 4.69) is 20.4 Å². The molecule has 4 rings (SSSR count). The van der Waals surface area contributed by atoms with Gasteiger partial charge in [-0.1, -0.05) is 41.1 Å². The van der Waals surface area contributed by atoms with Gasteiger partial charge >= 0.3 is 0 Å². The summed E-state index contributed by atoms with van der Waals surface area (Å²) >= 11 is 0. The number of amides is 1. The number of nitrogens with one attached hydrogen (secondary N) is 1. The number of hydrogen-bond donors (Lipinski definition) is 1. The number of carbonyl (C=O) groups is 1. The third-order valence-electron chi connectivity index (χ3n) is 6.12. The zero-order chi connectivity index (χ0) is 24.6. The lowest BCUT2D eigenvalue weighted by molar-refractivity contribution is -0.121. The van der Waals surface area contributed by atoms with Crippen LogP contribution in [0.25, 0.3) is 11.4 Å². The molecule has 1 saturated heterocycles. The third kappa shape index (κ3) is 6.37. The SMILES string of the molecule is COc1ccc([C@@H](CNC(=O)CCc2nc(-c3ccc(C)cc3)no2)N2CCOCC2)cc1OC. The van der Waals surface area contributed by atoms with Crippen molar-refractivity contribution < 1.29 is 23.5 Å². The van der Waals surface area contributed by atoms with Crippen LogP contribution in [0.4, 0.5) is 0 Å². The molecule has 2 heterocycles. The van der Waals surface area contributed by atoms with Crippen LogP contribution in [-0.4, -0.2) is 68.0 Å². The topological polar surface area (TPSA) is 99.0 Å². The van der Waals surface area contributed by atoms with Crippen molar-refractivity contribution in [2.75, 3.05) is 47.1 Å². The second kappa shape index (κ2) is 11.8. The Hall–Kier alpha value is -3.43. The van der Waals surface area contributed by atoms with Gasteiger partial charge in [0.2, 0.25) is 17.6 Å². The van der Waals surface area contributed by atoms with Crippen molar-refractivity contribution in [1.29, 1.82) is 0 Å². The average molecular weight is 481 g/mol. The van der Waals surface area contributed by atoms with E-state index in [0.29, 0.717) is 49.4 Å². The van der Waals surface area contributed by atoms with E-state index in [-0.39, 0.29) is 18.4 Å². The molecule has 1 aliphatic rings. The lowest BCUT2D eigenvalue weighted by Gasteiger charge is -2.35. The molecule has 0 unspecified atom stereocenters. The summed E-state index contributed by atoms with van der Waals surface area (Å²) in [4.78, 5) is 19.4. The molecule has 1 fully saturated rings. The van der Waals surface area contributed by atoms with Crippen molar-refractivity contribution in [3.63, 3.8) is 0 Å². The molecule has 0 saturated carbocycles. The van der Waals surface area contributed by atoms with Gasteiger partial charge in [-0.15, -0.1) is 0 Å². The quantitative estimate of drug-likeness (QED) is 0.472. The number of rotatable bonds is 10. The van der Waals surface area contributed by atoms with Gasteiger partial charge in [-0.3, -0.25) is 9.69 Å². The van der Waals surface area contributed by atoms with Gasteiger partial charge in [0.1, 0.15) is 0 Å². The zero-order valence-electron chi connectivity index (χ0n) is 20.5. The van der Waals surface area contributed by atoms with Gasteiger partial charge in [0.05, 0.1) is 33.5 Å². The van der Waals surface area contributed by atoms with Crippen LogP contribution in [-0.2, 0) is 16.0 Å². The second-order valence-corrected chi connectivity index (χ2v) is 8.46. The van der Waals surface area contributed by atoms with Crippen molar-refractivity contribution in [2.45, 2.75) is 25.8 Å². The van der Waals surface area contributed by atoms with E-state index < -0.39 is 0 Å². The summed E-state index contributed by atoms with van der Waals surface area (Å²) in [6, 6.07) is 13.8. The van der Waals surface area contributed by atoms with Gasteiger partial charge in [-0.05, 0) is 24.6 Å². The van der Waals surface area contributed by atoms with E-state index in [9.17, 15) is 4.79 Å². The Morgan fingerprint density at radius 3 is 2.54 bits per heavy atom. The predicted octanol–water partition coefficient (Wildman–Crippen LogP) is 3.18. The Labute approximate surface area is 205 Å². The molecule has 186 valence electrons. The van der Waals surface area contributed by atoms with Crippen LogP contribution >= 0.6 is 0 Å². The number of morpholine rings is 1. The first-order chi connectivity index (χ1) is 17.1. The van der Waals surface area contributed by atoms with Gasteiger partial charge in [0, 0.05) is 38.0 Å². The highest BCUT2D eigenvalue weighted by atomic mass is 16.5. The lowest BCUT2D eigenvalue weighted by atomic mass is 10.0. The smallest absolute Gasteiger partial charge is 0.227 e. The minimum absolute atomic E-state index is 0.0146. The summed E-state index contributed by atoms with van der Waals surface area (Å²) in [6.45, 7) is 5.40. The lowest BCUT2D eigenvalue weighted by Crippen LogP contribution is -2.43. The maximum absolute atomic E-state index is 12.7. The summed E-state index contributed by atoms with van der Waals surface area (Å²) < 4.78 is 21.7. The molecule has 1 N–H and O–H groups in total. The first kappa shape index (κ1) is 24.7. The highest BCUT2D eigenvalue weighted by Crippen LogP contribution is 2.32. The molecule has 1 amide bonds. The van der Waals surface area contributed by atoms with Gasteiger partial charge in [-0.2, -0.15) is 4.98 Å². The fourth-order valence-electron chi connectivity index (χ4n) is 4.10. The van der Waals surface area contributed by atoms with Crippen molar-refractivity contribution >= 4 is 5.91 Å². The summed E-state index contributed by atoms with van der Waals surface area (Å²) in [5.74, 6) is 2.24. The summed E-state index contributed by atoms with van der Waals surface area (Å²) in [5, 5.41) is 7.12. The van der Waals surface area contributed by atoms with Crippen LogP contribution in [0, 0.1) is 6.92 Å². The Kier molecular flexibility index (Phi) is 8.33. The van der Waals surface area contributed by atoms with Gasteiger partial charge < -0.3 is 24.1 Å². The number of aryl methyl sites for hydroxylation is 2. The van der Waals surface area contributed by atoms with E-state index >= 15 is 0 Å². The van der Waals surface area contributed by atoms with Gasteiger partial charge in [0.15, 0.2) is 11.5 Å². The van der Waals surface area contributed by atoms with Crippen molar-refractivity contribution in [2.24, 2.45) is 0 Å². The Morgan fingerprint density at radius 1 is 1.09 bits per heavy atom. The molecule has 1 aromatic heterocycles. The van der Waals surface area contributed by atoms with Crippen molar-refractivity contribution in [3.05, 3.63) is 59.5 Å². The van der Waals surface area contributed by atoms with Crippen molar-refractivity contribution in [1.82, 2.24) is 20.4 Å². The minimum Gasteiger partial charge on any atom is -0.493 e. The maximum Gasteiger partial charge on any atom is 0.227 e. The maximum atomic E-state index is 12.7. The summed E-state index contributed by atoms with van der Waals surface area (Å²) in [7, 11) is 3.24. The molecule has 1 aliphatic heterocycles. The molecule has 0 bridgehead atoms. The Bertz CT molecular complexity index is 1110. The number of aromatic nitrogens is 2. The molecular formula is C26H32N4O5. The average Bonchev–Trinajstić information content (AvgIpc) is 3.37. The normalized spacial score (nSPS) is 14.9. The summed E-state index contributed by atoms with van der Waals surface area (Å²) in [5.41, 5.74) is 3.10. The highest BCUT2D eigenvalue weighted by Gasteiger charge is 2.24. The number of carbonyl (C=O) groups excluding carboxylic acids is 1. The van der Waals surface area contributed by atoms with Crippen LogP contribution in [0.15, 0.2) is 47.0 Å². The number of ether oxygens (including phenoxy) is 3. The predicted molar refractivity (Wildman–Crippen MR) is 130 cm³/mol. The van der Waals surface area contributed by atoms with E-state index in [0.717, 1.165) is 29.8 Å². The molecule has 3 aromatic rings. The molecule has 35 heavy (non-hydrogen) atoms. The third-order valence-corrected chi connectivity index (χ3v) is 6.12. The van der Waals surface area contributed by atoms with E-state index in [4.69, 9.17) is 18.7 Å². The van der Waals surface area contributed by atoms with Crippen LogP contribution in [0.1, 0.15) is 29.5 Å². The number of hydrogen-bond acceptors (Lipinski definition) is 8. The molecule has 9 nitrogen and oxygen atoms in total. The molecule has 0 radical (unpaired) electrons. The highest BCUT2D eigenvalue weighted by molar-refractivity contribution is 5.76. The molecule has 9 heteroatoms. The number of methoxy groups -OCH3 is 2. The van der Waals surface area contributed by atoms with Gasteiger partial charge in [0.25, 0.3) is 0 Å². The van der Waals surface area contributed by atoms with E-state index in [1.165, 1.54) is 0 Å². The molecule has 1 atom stereocenters. The second-order valence-electron chi connectivity index (χ2n) is 8.46. The van der Waals surface area contributed by atoms with Crippen LogP contribution in [0.5, 0.6) is 11.5 Å². The fraction of sp³-hybridized carbons (Fsp3) is 0.423. The molecule has 2 aromatic carbocycles. The summed E-state index contributed by atoms with van der Waals surface area (Å²) in [6.07, 6.45) is 0.639. The van der Waals surface area contributed by atoms with Crippen LogP contribution < -0.4 is 14.8 Å². The molecule has 0 aliphatic carbocycles. The Balaban J connectivity index is 1.37. The Morgan fingerprint density at radius 2 is 1.83 bits per heavy atom. The first-order valence-electron chi connectivity index (χ1n) is 11.8. The zero-order valence-corrected chi connectivity index (χ0v) is 20.5. The monoisotopic (exact) mass is 480 g/mol.